The highest BCUT2D eigenvalue weighted by Crippen LogP contribution is 2.21. The van der Waals surface area contributed by atoms with Crippen LogP contribution >= 0.6 is 0 Å². The summed E-state index contributed by atoms with van der Waals surface area (Å²) in [5.41, 5.74) is 2.84. The van der Waals surface area contributed by atoms with Crippen molar-refractivity contribution in [3.8, 4) is 11.3 Å². The molecule has 0 amide bonds. The lowest BCUT2D eigenvalue weighted by Gasteiger charge is -1.98. The van der Waals surface area contributed by atoms with E-state index in [4.69, 9.17) is 5.11 Å². The molecule has 2 aromatic rings. The molecule has 0 saturated heterocycles. The average molecular weight is 230 g/mol. The summed E-state index contributed by atoms with van der Waals surface area (Å²) in [5, 5.41) is 8.75. The fraction of sp³-hybridized carbons (Fsp3) is 0.231. The van der Waals surface area contributed by atoms with Crippen molar-refractivity contribution in [1.29, 1.82) is 0 Å². The van der Waals surface area contributed by atoms with E-state index in [9.17, 15) is 4.79 Å². The van der Waals surface area contributed by atoms with E-state index < -0.39 is 5.97 Å². The van der Waals surface area contributed by atoms with Crippen LogP contribution in [0.3, 0.4) is 0 Å². The van der Waals surface area contributed by atoms with Crippen LogP contribution in [-0.2, 0) is 17.6 Å². The van der Waals surface area contributed by atoms with Gasteiger partial charge in [-0.05, 0) is 6.42 Å². The quantitative estimate of drug-likeness (QED) is 0.846. The van der Waals surface area contributed by atoms with Crippen LogP contribution in [0.2, 0.25) is 0 Å². The zero-order valence-electron chi connectivity index (χ0n) is 9.60. The Kier molecular flexibility index (Phi) is 3.23. The second-order valence-electron chi connectivity index (χ2n) is 3.80. The summed E-state index contributed by atoms with van der Waals surface area (Å²) in [6.07, 6.45) is 0.733. The van der Waals surface area contributed by atoms with Crippen molar-refractivity contribution >= 4 is 5.97 Å². The van der Waals surface area contributed by atoms with Gasteiger partial charge in [-0.15, -0.1) is 0 Å². The Balaban J connectivity index is 2.39. The highest BCUT2D eigenvalue weighted by Gasteiger charge is 2.12. The lowest BCUT2D eigenvalue weighted by atomic mass is 10.1. The van der Waals surface area contributed by atoms with E-state index in [0.29, 0.717) is 5.82 Å². The molecule has 0 unspecified atom stereocenters. The first kappa shape index (κ1) is 11.4. The smallest absolute Gasteiger partial charge is 0.311 e. The van der Waals surface area contributed by atoms with Crippen LogP contribution in [0, 0.1) is 0 Å². The van der Waals surface area contributed by atoms with Crippen molar-refractivity contribution in [3.05, 3.63) is 41.9 Å². The third-order valence-electron chi connectivity index (χ3n) is 2.55. The molecular formula is C13H14N2O2. The zero-order chi connectivity index (χ0) is 12.3. The Morgan fingerprint density at radius 3 is 2.65 bits per heavy atom. The first-order chi connectivity index (χ1) is 8.20. The Labute approximate surface area is 99.3 Å². The maximum atomic E-state index is 10.7. The molecule has 0 spiro atoms. The number of aromatic amines is 1. The number of rotatable bonds is 4. The summed E-state index contributed by atoms with van der Waals surface area (Å²) < 4.78 is 0. The highest BCUT2D eigenvalue weighted by atomic mass is 16.4. The van der Waals surface area contributed by atoms with E-state index in [0.717, 1.165) is 23.4 Å². The highest BCUT2D eigenvalue weighted by molar-refractivity contribution is 5.70. The molecule has 0 aliphatic rings. The van der Waals surface area contributed by atoms with Gasteiger partial charge in [-0.2, -0.15) is 0 Å². The number of imidazole rings is 1. The Morgan fingerprint density at radius 1 is 1.35 bits per heavy atom. The Hall–Kier alpha value is -2.10. The number of carboxylic acid groups (broad SMARTS) is 1. The largest absolute Gasteiger partial charge is 0.481 e. The minimum Gasteiger partial charge on any atom is -0.481 e. The summed E-state index contributed by atoms with van der Waals surface area (Å²) >= 11 is 0. The summed E-state index contributed by atoms with van der Waals surface area (Å²) in [5.74, 6) is -0.366. The molecular weight excluding hydrogens is 216 g/mol. The normalized spacial score (nSPS) is 10.4. The molecule has 1 aromatic heterocycles. The summed E-state index contributed by atoms with van der Waals surface area (Å²) in [7, 11) is 0. The van der Waals surface area contributed by atoms with Gasteiger partial charge in [-0.1, -0.05) is 37.3 Å². The van der Waals surface area contributed by atoms with Crippen LogP contribution in [0.1, 0.15) is 18.4 Å². The molecule has 88 valence electrons. The Bertz CT molecular complexity index is 517. The molecule has 2 N–H and O–H groups in total. The van der Waals surface area contributed by atoms with Crippen LogP contribution in [0.25, 0.3) is 11.3 Å². The number of carboxylic acids is 1. The molecule has 0 aliphatic heterocycles. The van der Waals surface area contributed by atoms with Crippen LogP contribution in [-0.4, -0.2) is 21.0 Å². The van der Waals surface area contributed by atoms with Gasteiger partial charge >= 0.3 is 5.97 Å². The number of nitrogens with zero attached hydrogens (tertiary/aromatic N) is 1. The summed E-state index contributed by atoms with van der Waals surface area (Å²) in [4.78, 5) is 18.1. The number of nitrogens with one attached hydrogen (secondary N) is 1. The van der Waals surface area contributed by atoms with Crippen molar-refractivity contribution < 1.29 is 9.90 Å². The molecule has 4 heteroatoms. The predicted molar refractivity (Wildman–Crippen MR) is 64.7 cm³/mol. The van der Waals surface area contributed by atoms with E-state index >= 15 is 0 Å². The summed E-state index contributed by atoms with van der Waals surface area (Å²) in [6, 6.07) is 9.78. The van der Waals surface area contributed by atoms with E-state index in [-0.39, 0.29) is 6.42 Å². The standard InChI is InChI=1S/C13H14N2O2/c1-2-10-13(9-6-4-3-5-7-9)15-11(14-10)8-12(16)17/h3-7H,2,8H2,1H3,(H,14,15)(H,16,17). The van der Waals surface area contributed by atoms with Gasteiger partial charge in [0.1, 0.15) is 12.2 Å². The molecule has 1 heterocycles. The molecule has 1 aromatic carbocycles. The minimum absolute atomic E-state index is 0.0696. The fourth-order valence-electron chi connectivity index (χ4n) is 1.78. The van der Waals surface area contributed by atoms with Gasteiger partial charge in [-0.3, -0.25) is 4.79 Å². The van der Waals surface area contributed by atoms with Gasteiger partial charge < -0.3 is 10.1 Å². The minimum atomic E-state index is -0.874. The third-order valence-corrected chi connectivity index (χ3v) is 2.55. The molecule has 17 heavy (non-hydrogen) atoms. The molecule has 0 radical (unpaired) electrons. The zero-order valence-corrected chi connectivity index (χ0v) is 9.60. The lowest BCUT2D eigenvalue weighted by molar-refractivity contribution is -0.136. The van der Waals surface area contributed by atoms with Crippen molar-refractivity contribution in [1.82, 2.24) is 9.97 Å². The monoisotopic (exact) mass is 230 g/mol. The first-order valence-corrected chi connectivity index (χ1v) is 5.55. The van der Waals surface area contributed by atoms with E-state index in [1.807, 2.05) is 37.3 Å². The predicted octanol–water partition coefficient (Wildman–Crippen LogP) is 2.27. The van der Waals surface area contributed by atoms with E-state index in [1.54, 1.807) is 0 Å². The van der Waals surface area contributed by atoms with Gasteiger partial charge in [0, 0.05) is 11.3 Å². The van der Waals surface area contributed by atoms with Crippen LogP contribution in [0.15, 0.2) is 30.3 Å². The third kappa shape index (κ3) is 2.53. The van der Waals surface area contributed by atoms with Crippen molar-refractivity contribution in [2.24, 2.45) is 0 Å². The second kappa shape index (κ2) is 4.82. The maximum absolute atomic E-state index is 10.7. The number of aromatic nitrogens is 2. The van der Waals surface area contributed by atoms with E-state index in [2.05, 4.69) is 9.97 Å². The van der Waals surface area contributed by atoms with Gasteiger partial charge in [-0.25, -0.2) is 4.98 Å². The molecule has 0 atom stereocenters. The van der Waals surface area contributed by atoms with Gasteiger partial charge in [0.05, 0.1) is 5.69 Å². The average Bonchev–Trinajstić information content (AvgIpc) is 2.72. The number of benzene rings is 1. The number of H-pyrrole nitrogens is 1. The molecule has 0 saturated carbocycles. The van der Waals surface area contributed by atoms with Crippen molar-refractivity contribution in [2.75, 3.05) is 0 Å². The SMILES string of the molecule is CCc1[nH]c(CC(=O)O)nc1-c1ccccc1. The topological polar surface area (TPSA) is 66.0 Å². The van der Waals surface area contributed by atoms with Crippen molar-refractivity contribution in [3.63, 3.8) is 0 Å². The van der Waals surface area contributed by atoms with Gasteiger partial charge in [0.2, 0.25) is 0 Å². The first-order valence-electron chi connectivity index (χ1n) is 5.55. The fourth-order valence-corrected chi connectivity index (χ4v) is 1.78. The second-order valence-corrected chi connectivity index (χ2v) is 3.80. The van der Waals surface area contributed by atoms with Crippen molar-refractivity contribution in [2.45, 2.75) is 19.8 Å². The maximum Gasteiger partial charge on any atom is 0.311 e. The number of aryl methyl sites for hydroxylation is 1. The van der Waals surface area contributed by atoms with Gasteiger partial charge in [0.25, 0.3) is 0 Å². The van der Waals surface area contributed by atoms with Crippen LogP contribution in [0.5, 0.6) is 0 Å². The van der Waals surface area contributed by atoms with Gasteiger partial charge in [0.15, 0.2) is 0 Å². The molecule has 0 aliphatic carbocycles. The molecule has 4 nitrogen and oxygen atoms in total. The molecule has 2 rings (SSSR count). The van der Waals surface area contributed by atoms with Crippen LogP contribution in [0.4, 0.5) is 0 Å². The molecule has 0 fully saturated rings. The van der Waals surface area contributed by atoms with Crippen LogP contribution < -0.4 is 0 Å². The number of hydrogen-bond donors (Lipinski definition) is 2. The van der Waals surface area contributed by atoms with E-state index in [1.165, 1.54) is 0 Å². The molecule has 0 bridgehead atoms. The number of carbonyl (C=O) groups is 1. The number of hydrogen-bond acceptors (Lipinski definition) is 2. The Morgan fingerprint density at radius 2 is 2.06 bits per heavy atom. The number of aliphatic carboxylic acids is 1. The lowest BCUT2D eigenvalue weighted by Crippen LogP contribution is -2.01. The summed E-state index contributed by atoms with van der Waals surface area (Å²) in [6.45, 7) is 2.02.